The lowest BCUT2D eigenvalue weighted by atomic mass is 9.97. The summed E-state index contributed by atoms with van der Waals surface area (Å²) in [5.74, 6) is 0.489. The number of aromatic nitrogens is 1. The molecule has 7 heteroatoms. The number of amides is 2. The lowest BCUT2D eigenvalue weighted by Crippen LogP contribution is -2.53. The molecular formula is C18H27N3O4. The fourth-order valence-electron chi connectivity index (χ4n) is 3.75. The maximum absolute atomic E-state index is 12.5. The molecule has 2 aliphatic heterocycles. The molecule has 0 aromatic carbocycles. The largest absolute Gasteiger partial charge is 0.444 e. The summed E-state index contributed by atoms with van der Waals surface area (Å²) in [5, 5.41) is 6.86. The van der Waals surface area contributed by atoms with Crippen LogP contribution in [0.3, 0.4) is 0 Å². The molecular weight excluding hydrogens is 322 g/mol. The molecule has 0 spiro atoms. The van der Waals surface area contributed by atoms with Gasteiger partial charge >= 0.3 is 6.09 Å². The second-order valence-electron chi connectivity index (χ2n) is 7.95. The van der Waals surface area contributed by atoms with Crippen LogP contribution in [-0.2, 0) is 11.2 Å². The summed E-state index contributed by atoms with van der Waals surface area (Å²) in [6, 6.07) is 1.98. The van der Waals surface area contributed by atoms with E-state index in [9.17, 15) is 9.59 Å². The summed E-state index contributed by atoms with van der Waals surface area (Å²) < 4.78 is 10.6. The van der Waals surface area contributed by atoms with E-state index in [0.717, 1.165) is 25.7 Å². The predicted molar refractivity (Wildman–Crippen MR) is 91.3 cm³/mol. The number of fused-ring (bicyclic) bond motifs is 2. The Bertz CT molecular complexity index is 635. The zero-order valence-corrected chi connectivity index (χ0v) is 15.4. The van der Waals surface area contributed by atoms with Gasteiger partial charge in [-0.25, -0.2) is 4.79 Å². The van der Waals surface area contributed by atoms with E-state index in [1.54, 1.807) is 6.07 Å². The summed E-state index contributed by atoms with van der Waals surface area (Å²) in [7, 11) is 0. The average molecular weight is 349 g/mol. The molecule has 0 radical (unpaired) electrons. The van der Waals surface area contributed by atoms with Gasteiger partial charge in [0.1, 0.15) is 11.4 Å². The molecule has 3 atom stereocenters. The van der Waals surface area contributed by atoms with E-state index in [2.05, 4.69) is 10.5 Å². The average Bonchev–Trinajstić information content (AvgIpc) is 3.09. The lowest BCUT2D eigenvalue weighted by molar-refractivity contribution is 0.00499. The van der Waals surface area contributed by atoms with Gasteiger partial charge in [-0.05, 0) is 46.5 Å². The maximum Gasteiger partial charge on any atom is 0.410 e. The first kappa shape index (κ1) is 17.8. The number of hydrogen-bond donors (Lipinski definition) is 1. The number of carbonyl (C=O) groups excluding carboxylic acids is 2. The molecule has 2 amide bonds. The highest BCUT2D eigenvalue weighted by molar-refractivity contribution is 5.92. The smallest absolute Gasteiger partial charge is 0.410 e. The molecule has 2 aliphatic rings. The molecule has 2 saturated heterocycles. The Morgan fingerprint density at radius 2 is 1.96 bits per heavy atom. The van der Waals surface area contributed by atoms with Gasteiger partial charge < -0.3 is 19.5 Å². The first-order chi connectivity index (χ1) is 11.8. The second kappa shape index (κ2) is 6.69. The van der Waals surface area contributed by atoms with Crippen LogP contribution in [0.25, 0.3) is 0 Å². The Morgan fingerprint density at radius 1 is 1.32 bits per heavy atom. The van der Waals surface area contributed by atoms with Crippen LogP contribution < -0.4 is 5.32 Å². The van der Waals surface area contributed by atoms with Gasteiger partial charge in [0.2, 0.25) is 0 Å². The molecule has 138 valence electrons. The topological polar surface area (TPSA) is 84.7 Å². The standard InChI is InChI=1S/C18H27N3O4/c1-5-14-10-15(20-25-14)16(22)19-11-8-12-6-7-13(9-11)21(12)17(23)24-18(2,3)4/h10-13H,5-9H2,1-4H3,(H,19,22)/t11-,12+,13-. The fraction of sp³-hybridized carbons (Fsp3) is 0.722. The minimum Gasteiger partial charge on any atom is -0.444 e. The van der Waals surface area contributed by atoms with Crippen LogP contribution in [-0.4, -0.2) is 45.8 Å². The van der Waals surface area contributed by atoms with Gasteiger partial charge in [-0.3, -0.25) is 4.79 Å². The zero-order chi connectivity index (χ0) is 18.2. The van der Waals surface area contributed by atoms with Gasteiger partial charge in [0.25, 0.3) is 5.91 Å². The Hall–Kier alpha value is -2.05. The Morgan fingerprint density at radius 3 is 2.48 bits per heavy atom. The number of rotatable bonds is 3. The zero-order valence-electron chi connectivity index (χ0n) is 15.4. The first-order valence-corrected chi connectivity index (χ1v) is 9.04. The number of aryl methyl sites for hydroxylation is 1. The van der Waals surface area contributed by atoms with E-state index in [0.29, 0.717) is 17.9 Å². The van der Waals surface area contributed by atoms with Gasteiger partial charge in [0, 0.05) is 30.6 Å². The van der Waals surface area contributed by atoms with Crippen LogP contribution in [0.4, 0.5) is 4.79 Å². The highest BCUT2D eigenvalue weighted by Gasteiger charge is 2.45. The van der Waals surface area contributed by atoms with Crippen molar-refractivity contribution in [3.8, 4) is 0 Å². The fourth-order valence-corrected chi connectivity index (χ4v) is 3.75. The molecule has 1 N–H and O–H groups in total. The minimum absolute atomic E-state index is 0.0467. The van der Waals surface area contributed by atoms with Crippen molar-refractivity contribution in [2.24, 2.45) is 0 Å². The van der Waals surface area contributed by atoms with E-state index < -0.39 is 5.60 Å². The van der Waals surface area contributed by atoms with E-state index in [4.69, 9.17) is 9.26 Å². The molecule has 7 nitrogen and oxygen atoms in total. The molecule has 3 heterocycles. The third kappa shape index (κ3) is 3.96. The SMILES string of the molecule is CCc1cc(C(=O)N[C@H]2C[C@H]3CC[C@@H](C2)N3C(=O)OC(C)(C)C)no1. The van der Waals surface area contributed by atoms with E-state index in [1.807, 2.05) is 32.6 Å². The molecule has 0 aliphatic carbocycles. The van der Waals surface area contributed by atoms with Gasteiger partial charge in [-0.1, -0.05) is 12.1 Å². The highest BCUT2D eigenvalue weighted by atomic mass is 16.6. The second-order valence-corrected chi connectivity index (χ2v) is 7.95. The van der Waals surface area contributed by atoms with Crippen molar-refractivity contribution in [3.05, 3.63) is 17.5 Å². The van der Waals surface area contributed by atoms with Gasteiger partial charge in [-0.2, -0.15) is 0 Å². The molecule has 1 aromatic heterocycles. The summed E-state index contributed by atoms with van der Waals surface area (Å²) in [6.07, 6.45) is 3.88. The van der Waals surface area contributed by atoms with Crippen molar-refractivity contribution in [2.75, 3.05) is 0 Å². The number of nitrogens with one attached hydrogen (secondary N) is 1. The van der Waals surface area contributed by atoms with E-state index in [1.165, 1.54) is 0 Å². The van der Waals surface area contributed by atoms with Crippen molar-refractivity contribution < 1.29 is 18.8 Å². The van der Waals surface area contributed by atoms with Gasteiger partial charge in [0.05, 0.1) is 0 Å². The maximum atomic E-state index is 12.5. The number of carbonyl (C=O) groups is 2. The van der Waals surface area contributed by atoms with Crippen LogP contribution in [0.1, 0.15) is 69.6 Å². The van der Waals surface area contributed by atoms with Crippen molar-refractivity contribution in [2.45, 2.75) is 83.5 Å². The summed E-state index contributed by atoms with van der Waals surface area (Å²) in [5.41, 5.74) is -0.176. The van der Waals surface area contributed by atoms with Crippen LogP contribution in [0.2, 0.25) is 0 Å². The third-order valence-corrected chi connectivity index (χ3v) is 4.81. The molecule has 0 saturated carbocycles. The first-order valence-electron chi connectivity index (χ1n) is 9.04. The minimum atomic E-state index is -0.495. The summed E-state index contributed by atoms with van der Waals surface area (Å²) in [6.45, 7) is 7.58. The van der Waals surface area contributed by atoms with Crippen molar-refractivity contribution in [3.63, 3.8) is 0 Å². The van der Waals surface area contributed by atoms with E-state index in [-0.39, 0.29) is 30.1 Å². The molecule has 3 rings (SSSR count). The van der Waals surface area contributed by atoms with Crippen molar-refractivity contribution in [1.29, 1.82) is 0 Å². The Labute approximate surface area is 148 Å². The molecule has 2 bridgehead atoms. The molecule has 0 unspecified atom stereocenters. The number of nitrogens with zero attached hydrogens (tertiary/aromatic N) is 2. The quantitative estimate of drug-likeness (QED) is 0.907. The lowest BCUT2D eigenvalue weighted by Gasteiger charge is -2.39. The predicted octanol–water partition coefficient (Wildman–Crippen LogP) is 2.90. The number of piperidine rings is 1. The van der Waals surface area contributed by atoms with Crippen molar-refractivity contribution in [1.82, 2.24) is 15.4 Å². The molecule has 1 aromatic rings. The number of ether oxygens (including phenoxy) is 1. The Kier molecular flexibility index (Phi) is 4.75. The van der Waals surface area contributed by atoms with Gasteiger partial charge in [-0.15, -0.1) is 0 Å². The Balaban J connectivity index is 1.60. The van der Waals surface area contributed by atoms with Crippen LogP contribution in [0, 0.1) is 0 Å². The monoisotopic (exact) mass is 349 g/mol. The third-order valence-electron chi connectivity index (χ3n) is 4.81. The normalized spacial score (nSPS) is 25.8. The van der Waals surface area contributed by atoms with Crippen LogP contribution in [0.5, 0.6) is 0 Å². The molecule has 2 fully saturated rings. The summed E-state index contributed by atoms with van der Waals surface area (Å²) >= 11 is 0. The van der Waals surface area contributed by atoms with Crippen molar-refractivity contribution >= 4 is 12.0 Å². The van der Waals surface area contributed by atoms with Crippen LogP contribution >= 0.6 is 0 Å². The summed E-state index contributed by atoms with van der Waals surface area (Å²) in [4.78, 5) is 26.7. The van der Waals surface area contributed by atoms with Crippen LogP contribution in [0.15, 0.2) is 10.6 Å². The number of hydrogen-bond acceptors (Lipinski definition) is 5. The van der Waals surface area contributed by atoms with E-state index >= 15 is 0 Å². The van der Waals surface area contributed by atoms with Gasteiger partial charge in [0.15, 0.2) is 5.69 Å². The highest BCUT2D eigenvalue weighted by Crippen LogP contribution is 2.36. The molecule has 25 heavy (non-hydrogen) atoms.